The molecule has 0 aliphatic rings. The van der Waals surface area contributed by atoms with Gasteiger partial charge in [0, 0.05) is 0 Å². The fraction of sp³-hybridized carbons (Fsp3) is 0.500. The Morgan fingerprint density at radius 1 is 1.33 bits per heavy atom. The summed E-state index contributed by atoms with van der Waals surface area (Å²) in [5, 5.41) is 9.42. The molecule has 0 aliphatic heterocycles. The monoisotopic (exact) mass is 209 g/mol. The van der Waals surface area contributed by atoms with Gasteiger partial charge in [0.25, 0.3) is 0 Å². The second-order valence-electron chi connectivity index (χ2n) is 3.64. The predicted molar refractivity (Wildman–Crippen MR) is 60.4 cm³/mol. The first-order valence-corrected chi connectivity index (χ1v) is 5.29. The summed E-state index contributed by atoms with van der Waals surface area (Å²) in [5.41, 5.74) is 6.84. The lowest BCUT2D eigenvalue weighted by Gasteiger charge is -2.17. The van der Waals surface area contributed by atoms with Gasteiger partial charge in [0.1, 0.15) is 0 Å². The van der Waals surface area contributed by atoms with Crippen LogP contribution in [0.2, 0.25) is 0 Å². The molecule has 0 bridgehead atoms. The molecule has 84 valence electrons. The normalized spacial score (nSPS) is 14.9. The van der Waals surface area contributed by atoms with Crippen LogP contribution in [-0.2, 0) is 11.3 Å². The van der Waals surface area contributed by atoms with Gasteiger partial charge < -0.3 is 15.6 Å². The van der Waals surface area contributed by atoms with Crippen LogP contribution in [0, 0.1) is 0 Å². The number of ether oxygens (including phenoxy) is 1. The molecule has 3 heteroatoms. The van der Waals surface area contributed by atoms with E-state index in [4.69, 9.17) is 10.5 Å². The van der Waals surface area contributed by atoms with Crippen molar-refractivity contribution < 1.29 is 9.84 Å². The molecule has 0 saturated carbocycles. The molecule has 2 atom stereocenters. The topological polar surface area (TPSA) is 55.5 Å². The maximum atomic E-state index is 9.42. The van der Waals surface area contributed by atoms with Crippen LogP contribution in [0.4, 0.5) is 0 Å². The molecule has 0 aliphatic carbocycles. The van der Waals surface area contributed by atoms with Crippen molar-refractivity contribution in [1.29, 1.82) is 0 Å². The van der Waals surface area contributed by atoms with Gasteiger partial charge in [-0.1, -0.05) is 37.3 Å². The third-order valence-corrected chi connectivity index (χ3v) is 2.33. The molecule has 0 aromatic heterocycles. The molecule has 1 rings (SSSR count). The van der Waals surface area contributed by atoms with Crippen LogP contribution in [0.15, 0.2) is 30.3 Å². The number of aliphatic hydroxyl groups is 1. The van der Waals surface area contributed by atoms with Crippen LogP contribution in [0.1, 0.15) is 18.9 Å². The highest BCUT2D eigenvalue weighted by Crippen LogP contribution is 2.02. The Balaban J connectivity index is 2.22. The van der Waals surface area contributed by atoms with E-state index >= 15 is 0 Å². The van der Waals surface area contributed by atoms with Gasteiger partial charge in [-0.2, -0.15) is 0 Å². The molecule has 0 unspecified atom stereocenters. The maximum absolute atomic E-state index is 9.42. The molecular formula is C12H19NO2. The lowest BCUT2D eigenvalue weighted by molar-refractivity contribution is 0.0535. The SMILES string of the molecule is CC[C@@H](O)[C@H](N)COCc1ccccc1. The zero-order valence-electron chi connectivity index (χ0n) is 9.10. The van der Waals surface area contributed by atoms with E-state index in [1.54, 1.807) is 0 Å². The Kier molecular flexibility index (Phi) is 5.32. The van der Waals surface area contributed by atoms with Gasteiger partial charge in [-0.25, -0.2) is 0 Å². The van der Waals surface area contributed by atoms with E-state index in [9.17, 15) is 5.11 Å². The van der Waals surface area contributed by atoms with E-state index < -0.39 is 6.10 Å². The molecule has 0 saturated heterocycles. The Morgan fingerprint density at radius 3 is 2.60 bits per heavy atom. The van der Waals surface area contributed by atoms with Crippen molar-refractivity contribution in [2.45, 2.75) is 32.1 Å². The summed E-state index contributed by atoms with van der Waals surface area (Å²) in [6, 6.07) is 9.62. The number of aliphatic hydroxyl groups excluding tert-OH is 1. The van der Waals surface area contributed by atoms with Crippen molar-refractivity contribution in [3.05, 3.63) is 35.9 Å². The predicted octanol–water partition coefficient (Wildman–Crippen LogP) is 1.30. The summed E-state index contributed by atoms with van der Waals surface area (Å²) in [4.78, 5) is 0. The van der Waals surface area contributed by atoms with E-state index in [2.05, 4.69) is 0 Å². The Bertz CT molecular complexity index is 264. The second-order valence-corrected chi connectivity index (χ2v) is 3.64. The Morgan fingerprint density at radius 2 is 2.00 bits per heavy atom. The zero-order chi connectivity index (χ0) is 11.1. The largest absolute Gasteiger partial charge is 0.391 e. The number of nitrogens with two attached hydrogens (primary N) is 1. The van der Waals surface area contributed by atoms with Crippen molar-refractivity contribution in [2.24, 2.45) is 5.73 Å². The van der Waals surface area contributed by atoms with E-state index in [0.29, 0.717) is 19.6 Å². The zero-order valence-corrected chi connectivity index (χ0v) is 9.10. The number of hydrogen-bond acceptors (Lipinski definition) is 3. The smallest absolute Gasteiger partial charge is 0.0717 e. The van der Waals surface area contributed by atoms with E-state index in [-0.39, 0.29) is 6.04 Å². The summed E-state index contributed by atoms with van der Waals surface area (Å²) in [6.07, 6.45) is 0.191. The Labute approximate surface area is 90.9 Å². The molecule has 0 amide bonds. The van der Waals surface area contributed by atoms with Crippen LogP contribution in [-0.4, -0.2) is 23.9 Å². The maximum Gasteiger partial charge on any atom is 0.0717 e. The fourth-order valence-corrected chi connectivity index (χ4v) is 1.30. The molecular weight excluding hydrogens is 190 g/mol. The highest BCUT2D eigenvalue weighted by molar-refractivity contribution is 5.13. The quantitative estimate of drug-likeness (QED) is 0.742. The minimum absolute atomic E-state index is 0.293. The van der Waals surface area contributed by atoms with Crippen molar-refractivity contribution >= 4 is 0 Å². The molecule has 3 N–H and O–H groups in total. The van der Waals surface area contributed by atoms with Gasteiger partial charge in [0.05, 0.1) is 25.4 Å². The highest BCUT2D eigenvalue weighted by Gasteiger charge is 2.12. The van der Waals surface area contributed by atoms with Gasteiger partial charge in [-0.3, -0.25) is 0 Å². The van der Waals surface area contributed by atoms with Gasteiger partial charge >= 0.3 is 0 Å². The minimum atomic E-state index is -0.472. The minimum Gasteiger partial charge on any atom is -0.391 e. The first-order valence-electron chi connectivity index (χ1n) is 5.29. The molecule has 3 nitrogen and oxygen atoms in total. The lowest BCUT2D eigenvalue weighted by atomic mass is 10.1. The molecule has 1 aromatic rings. The van der Waals surface area contributed by atoms with Crippen molar-refractivity contribution in [2.75, 3.05) is 6.61 Å². The third-order valence-electron chi connectivity index (χ3n) is 2.33. The molecule has 0 spiro atoms. The average Bonchev–Trinajstić information content (AvgIpc) is 2.29. The van der Waals surface area contributed by atoms with E-state index in [1.165, 1.54) is 0 Å². The summed E-state index contributed by atoms with van der Waals surface area (Å²) >= 11 is 0. The number of benzene rings is 1. The van der Waals surface area contributed by atoms with Crippen molar-refractivity contribution in [1.82, 2.24) is 0 Å². The molecule has 15 heavy (non-hydrogen) atoms. The fourth-order valence-electron chi connectivity index (χ4n) is 1.30. The van der Waals surface area contributed by atoms with Crippen molar-refractivity contribution in [3.8, 4) is 0 Å². The van der Waals surface area contributed by atoms with Gasteiger partial charge in [0.2, 0.25) is 0 Å². The summed E-state index contributed by atoms with van der Waals surface area (Å²) in [6.45, 7) is 2.84. The number of hydrogen-bond donors (Lipinski definition) is 2. The van der Waals surface area contributed by atoms with Crippen LogP contribution in [0.3, 0.4) is 0 Å². The lowest BCUT2D eigenvalue weighted by Crippen LogP contribution is -2.38. The van der Waals surface area contributed by atoms with Crippen molar-refractivity contribution in [3.63, 3.8) is 0 Å². The molecule has 0 fully saturated rings. The second kappa shape index (κ2) is 6.56. The van der Waals surface area contributed by atoms with Crippen LogP contribution >= 0.6 is 0 Å². The summed E-state index contributed by atoms with van der Waals surface area (Å²) in [5.74, 6) is 0. The van der Waals surface area contributed by atoms with E-state index in [1.807, 2.05) is 37.3 Å². The summed E-state index contributed by atoms with van der Waals surface area (Å²) < 4.78 is 5.42. The third kappa shape index (κ3) is 4.42. The standard InChI is InChI=1S/C12H19NO2/c1-2-12(14)11(13)9-15-8-10-6-4-3-5-7-10/h3-7,11-12,14H,2,8-9,13H2,1H3/t11-,12-/m1/s1. The van der Waals surface area contributed by atoms with Crippen LogP contribution in [0.25, 0.3) is 0 Å². The first-order chi connectivity index (χ1) is 7.24. The van der Waals surface area contributed by atoms with Gasteiger partial charge in [0.15, 0.2) is 0 Å². The average molecular weight is 209 g/mol. The van der Waals surface area contributed by atoms with Crippen LogP contribution in [0.5, 0.6) is 0 Å². The molecule has 0 heterocycles. The van der Waals surface area contributed by atoms with E-state index in [0.717, 1.165) is 5.56 Å². The summed E-state index contributed by atoms with van der Waals surface area (Å²) in [7, 11) is 0. The molecule has 1 aromatic carbocycles. The van der Waals surface area contributed by atoms with Gasteiger partial charge in [-0.05, 0) is 12.0 Å². The number of rotatable bonds is 6. The first kappa shape index (κ1) is 12.2. The Hall–Kier alpha value is -0.900. The van der Waals surface area contributed by atoms with Crippen LogP contribution < -0.4 is 5.73 Å². The highest BCUT2D eigenvalue weighted by atomic mass is 16.5. The van der Waals surface area contributed by atoms with Gasteiger partial charge in [-0.15, -0.1) is 0 Å². The molecule has 0 radical (unpaired) electrons.